The Morgan fingerprint density at radius 1 is 1.07 bits per heavy atom. The Morgan fingerprint density at radius 3 is 2.55 bits per heavy atom. The first kappa shape index (κ1) is 30.5. The number of para-hydroxylation sites is 2. The third-order valence-corrected chi connectivity index (χ3v) is 7.30. The fraction of sp³-hybridized carbons (Fsp3) is 0.303. The predicted molar refractivity (Wildman–Crippen MR) is 168 cm³/mol. The standard InChI is InChI=1S/C18H21N3O.C15H19N3O2/c1-19-18(22)20-17-6-4-3-5-16(17)14-7-8-15-12-21(2)10-9-13(15)11-14;1-15(2,16)14(20)18-11(9-19)7-10-8-17-13-6-4-3-5-12(10)13/h3-8,11H,9-10,12H2,1-2H3,(H2,19,20,22);3-6,8-9,11,17H,7,16H2,1-2H3,(H,18,20). The first-order chi connectivity index (χ1) is 20.1. The Bertz CT molecular complexity index is 1550. The van der Waals surface area contributed by atoms with Crippen LogP contribution >= 0.6 is 0 Å². The van der Waals surface area contributed by atoms with Crippen LogP contribution in [0.5, 0.6) is 0 Å². The summed E-state index contributed by atoms with van der Waals surface area (Å²) in [5.41, 5.74) is 12.5. The molecule has 2 heterocycles. The van der Waals surface area contributed by atoms with Crippen molar-refractivity contribution in [3.63, 3.8) is 0 Å². The molecule has 4 aromatic rings. The summed E-state index contributed by atoms with van der Waals surface area (Å²) < 4.78 is 0. The number of fused-ring (bicyclic) bond motifs is 2. The van der Waals surface area contributed by atoms with E-state index in [9.17, 15) is 14.4 Å². The van der Waals surface area contributed by atoms with Crippen LogP contribution in [0, 0.1) is 0 Å². The van der Waals surface area contributed by atoms with Crippen LogP contribution in [0.25, 0.3) is 22.0 Å². The summed E-state index contributed by atoms with van der Waals surface area (Å²) >= 11 is 0. The molecule has 1 atom stereocenters. The number of anilines is 1. The Labute approximate surface area is 246 Å². The number of urea groups is 1. The van der Waals surface area contributed by atoms with Gasteiger partial charge in [0.2, 0.25) is 5.91 Å². The Balaban J connectivity index is 0.000000194. The first-order valence-corrected chi connectivity index (χ1v) is 14.1. The molecule has 0 saturated heterocycles. The van der Waals surface area contributed by atoms with Crippen molar-refractivity contribution in [2.45, 2.75) is 44.8 Å². The molecule has 1 unspecified atom stereocenters. The van der Waals surface area contributed by atoms with Crippen LogP contribution < -0.4 is 21.7 Å². The van der Waals surface area contributed by atoms with Gasteiger partial charge in [0, 0.05) is 49.2 Å². The number of aromatic amines is 1. The van der Waals surface area contributed by atoms with Crippen LogP contribution in [0.15, 0.2) is 72.9 Å². The normalized spacial score (nSPS) is 13.7. The van der Waals surface area contributed by atoms with E-state index in [1.807, 2.05) is 54.7 Å². The van der Waals surface area contributed by atoms with E-state index in [0.717, 1.165) is 59.1 Å². The zero-order chi connectivity index (χ0) is 30.3. The summed E-state index contributed by atoms with van der Waals surface area (Å²) in [6, 6.07) is 21.6. The maximum absolute atomic E-state index is 11.8. The average Bonchev–Trinajstić information content (AvgIpc) is 3.39. The molecule has 9 heteroatoms. The van der Waals surface area contributed by atoms with Crippen molar-refractivity contribution in [3.05, 3.63) is 89.6 Å². The molecule has 42 heavy (non-hydrogen) atoms. The van der Waals surface area contributed by atoms with Crippen molar-refractivity contribution < 1.29 is 14.4 Å². The van der Waals surface area contributed by atoms with Crippen LogP contribution in [0.2, 0.25) is 0 Å². The molecule has 0 spiro atoms. The van der Waals surface area contributed by atoms with Crippen molar-refractivity contribution in [1.29, 1.82) is 0 Å². The third kappa shape index (κ3) is 7.63. The number of nitrogens with one attached hydrogen (secondary N) is 4. The second-order valence-electron chi connectivity index (χ2n) is 11.2. The van der Waals surface area contributed by atoms with Gasteiger partial charge in [0.05, 0.1) is 17.3 Å². The molecule has 6 N–H and O–H groups in total. The van der Waals surface area contributed by atoms with Gasteiger partial charge in [-0.05, 0) is 61.7 Å². The van der Waals surface area contributed by atoms with Crippen molar-refractivity contribution in [2.75, 3.05) is 26.0 Å². The Hall–Kier alpha value is -4.47. The van der Waals surface area contributed by atoms with Crippen LogP contribution in [0.4, 0.5) is 10.5 Å². The van der Waals surface area contributed by atoms with Gasteiger partial charge in [0.15, 0.2) is 0 Å². The number of aromatic nitrogens is 1. The lowest BCUT2D eigenvalue weighted by atomic mass is 9.94. The maximum Gasteiger partial charge on any atom is 0.318 e. The summed E-state index contributed by atoms with van der Waals surface area (Å²) in [5.74, 6) is -0.338. The van der Waals surface area contributed by atoms with Crippen LogP contribution in [0.3, 0.4) is 0 Å². The molecular formula is C33H40N6O3. The average molecular weight is 569 g/mol. The summed E-state index contributed by atoms with van der Waals surface area (Å²) in [6.45, 7) is 5.31. The van der Waals surface area contributed by atoms with E-state index < -0.39 is 11.6 Å². The number of likely N-dealkylation sites (N-methyl/N-ethyl adjacent to an activating group) is 1. The zero-order valence-corrected chi connectivity index (χ0v) is 24.7. The fourth-order valence-corrected chi connectivity index (χ4v) is 4.92. The number of benzene rings is 3. The largest absolute Gasteiger partial charge is 0.361 e. The molecule has 9 nitrogen and oxygen atoms in total. The highest BCUT2D eigenvalue weighted by atomic mass is 16.2. The summed E-state index contributed by atoms with van der Waals surface area (Å²) in [7, 11) is 3.77. The number of carbonyl (C=O) groups is 3. The van der Waals surface area contributed by atoms with Crippen molar-refractivity contribution in [3.8, 4) is 11.1 Å². The highest BCUT2D eigenvalue weighted by molar-refractivity contribution is 5.94. The van der Waals surface area contributed by atoms with Crippen molar-refractivity contribution in [1.82, 2.24) is 20.5 Å². The van der Waals surface area contributed by atoms with E-state index in [1.165, 1.54) is 11.1 Å². The van der Waals surface area contributed by atoms with Crippen LogP contribution in [-0.4, -0.2) is 60.3 Å². The number of H-pyrrole nitrogens is 1. The zero-order valence-electron chi connectivity index (χ0n) is 24.7. The number of carbonyl (C=O) groups excluding carboxylic acids is 3. The molecule has 3 amide bonds. The van der Waals surface area contributed by atoms with E-state index in [0.29, 0.717) is 6.42 Å². The molecule has 0 radical (unpaired) electrons. The summed E-state index contributed by atoms with van der Waals surface area (Å²) in [6.07, 6.45) is 4.12. The van der Waals surface area contributed by atoms with E-state index in [4.69, 9.17) is 5.73 Å². The van der Waals surface area contributed by atoms with Crippen molar-refractivity contribution >= 4 is 34.8 Å². The van der Waals surface area contributed by atoms with Crippen molar-refractivity contribution in [2.24, 2.45) is 5.73 Å². The SMILES string of the molecule is CC(C)(N)C(=O)NC(C=O)Cc1c[nH]c2ccccc12.CNC(=O)Nc1ccccc1-c1ccc2c(c1)CCN(C)C2. The van der Waals surface area contributed by atoms with Gasteiger partial charge in [0.25, 0.3) is 0 Å². The molecule has 0 aliphatic carbocycles. The third-order valence-electron chi connectivity index (χ3n) is 7.30. The minimum absolute atomic E-state index is 0.202. The van der Waals surface area contributed by atoms with Gasteiger partial charge in [-0.2, -0.15) is 0 Å². The van der Waals surface area contributed by atoms with Gasteiger partial charge < -0.3 is 36.4 Å². The molecule has 1 aliphatic rings. The minimum Gasteiger partial charge on any atom is -0.361 e. The lowest BCUT2D eigenvalue weighted by molar-refractivity contribution is -0.127. The number of nitrogens with two attached hydrogens (primary N) is 1. The van der Waals surface area contributed by atoms with Gasteiger partial charge in [-0.25, -0.2) is 4.79 Å². The number of hydrogen-bond acceptors (Lipinski definition) is 5. The van der Waals surface area contributed by atoms with Gasteiger partial charge >= 0.3 is 6.03 Å². The highest BCUT2D eigenvalue weighted by Gasteiger charge is 2.25. The highest BCUT2D eigenvalue weighted by Crippen LogP contribution is 2.31. The lowest BCUT2D eigenvalue weighted by Crippen LogP contribution is -2.53. The predicted octanol–water partition coefficient (Wildman–Crippen LogP) is 4.22. The molecular weight excluding hydrogens is 528 g/mol. The van der Waals surface area contributed by atoms with E-state index in [1.54, 1.807) is 20.9 Å². The van der Waals surface area contributed by atoms with Gasteiger partial charge in [-0.15, -0.1) is 0 Å². The first-order valence-electron chi connectivity index (χ1n) is 14.1. The lowest BCUT2D eigenvalue weighted by Gasteiger charge is -2.25. The molecule has 1 aromatic heterocycles. The van der Waals surface area contributed by atoms with E-state index in [-0.39, 0.29) is 11.9 Å². The maximum atomic E-state index is 11.8. The second kappa shape index (κ2) is 13.5. The Kier molecular flexibility index (Phi) is 9.77. The summed E-state index contributed by atoms with van der Waals surface area (Å²) in [5, 5.41) is 9.20. The smallest absolute Gasteiger partial charge is 0.318 e. The number of aldehydes is 1. The number of amides is 3. The topological polar surface area (TPSA) is 132 Å². The molecule has 0 fully saturated rings. The van der Waals surface area contributed by atoms with Gasteiger partial charge in [0.1, 0.15) is 6.29 Å². The number of hydrogen-bond donors (Lipinski definition) is 5. The van der Waals surface area contributed by atoms with E-state index in [2.05, 4.69) is 51.1 Å². The molecule has 0 saturated carbocycles. The molecule has 1 aliphatic heterocycles. The second-order valence-corrected chi connectivity index (χ2v) is 11.2. The molecule has 5 rings (SSSR count). The Morgan fingerprint density at radius 2 is 1.81 bits per heavy atom. The minimum atomic E-state index is -0.999. The van der Waals surface area contributed by atoms with Crippen LogP contribution in [0.1, 0.15) is 30.5 Å². The summed E-state index contributed by atoms with van der Waals surface area (Å²) in [4.78, 5) is 40.1. The number of nitrogens with zero attached hydrogens (tertiary/aromatic N) is 1. The fourth-order valence-electron chi connectivity index (χ4n) is 4.92. The van der Waals surface area contributed by atoms with Gasteiger partial charge in [-0.1, -0.05) is 54.6 Å². The molecule has 3 aromatic carbocycles. The van der Waals surface area contributed by atoms with Crippen LogP contribution in [-0.2, 0) is 29.0 Å². The molecule has 220 valence electrons. The number of rotatable bonds is 7. The van der Waals surface area contributed by atoms with Gasteiger partial charge in [-0.3, -0.25) is 4.79 Å². The quantitative estimate of drug-likeness (QED) is 0.213. The molecule has 0 bridgehead atoms. The monoisotopic (exact) mass is 568 g/mol. The van der Waals surface area contributed by atoms with E-state index >= 15 is 0 Å².